The van der Waals surface area contributed by atoms with Crippen LogP contribution in [0.15, 0.2) is 103 Å². The van der Waals surface area contributed by atoms with E-state index in [4.69, 9.17) is 21.3 Å². The van der Waals surface area contributed by atoms with E-state index in [0.29, 0.717) is 49.6 Å². The van der Waals surface area contributed by atoms with Gasteiger partial charge in [-0.25, -0.2) is 14.7 Å². The van der Waals surface area contributed by atoms with Gasteiger partial charge >= 0.3 is 5.97 Å². The van der Waals surface area contributed by atoms with E-state index in [0.717, 1.165) is 4.90 Å². The van der Waals surface area contributed by atoms with Gasteiger partial charge in [0.25, 0.3) is 11.8 Å². The number of para-hydroxylation sites is 1. The van der Waals surface area contributed by atoms with Crippen molar-refractivity contribution in [3.8, 4) is 11.3 Å². The molecule has 1 aromatic heterocycles. The number of nitrogens with zero attached hydrogens (tertiary/aromatic N) is 2. The minimum atomic E-state index is -1.05. The number of hydrogen-bond acceptors (Lipinski definition) is 6. The normalized spacial score (nSPS) is 13.3. The van der Waals surface area contributed by atoms with E-state index in [9.17, 15) is 19.2 Å². The topological polar surface area (TPSA) is 93.6 Å². The summed E-state index contributed by atoms with van der Waals surface area (Å²) in [6.07, 6.45) is -1.05. The fraction of sp³-hybridized carbons (Fsp3) is 0.0606. The lowest BCUT2D eigenvalue weighted by molar-refractivity contribution is 0.0320. The van der Waals surface area contributed by atoms with Gasteiger partial charge in [-0.15, -0.1) is 0 Å². The summed E-state index contributed by atoms with van der Waals surface area (Å²) in [5.74, 6) is -1.80. The molecule has 0 fully saturated rings. The van der Waals surface area contributed by atoms with E-state index in [1.165, 1.54) is 13.0 Å². The molecule has 0 aliphatic carbocycles. The number of aromatic nitrogens is 1. The van der Waals surface area contributed by atoms with Gasteiger partial charge in [-0.3, -0.25) is 14.4 Å². The summed E-state index contributed by atoms with van der Waals surface area (Å²) in [6.45, 7) is 1.52. The number of rotatable bonds is 6. The number of ketones is 1. The van der Waals surface area contributed by atoms with Crippen molar-refractivity contribution in [2.24, 2.45) is 0 Å². The third-order valence-electron chi connectivity index (χ3n) is 6.91. The van der Waals surface area contributed by atoms with Crippen LogP contribution in [0.25, 0.3) is 22.2 Å². The molecular formula is C33H21ClN2O5. The van der Waals surface area contributed by atoms with Crippen molar-refractivity contribution >= 4 is 51.8 Å². The Hall–Kier alpha value is -5.14. The highest BCUT2D eigenvalue weighted by atomic mass is 35.5. The highest BCUT2D eigenvalue weighted by molar-refractivity contribution is 6.34. The molecule has 0 spiro atoms. The number of carbonyl (C=O) groups excluding carboxylic acids is 4. The maximum absolute atomic E-state index is 13.4. The molecule has 1 atom stereocenters. The average molecular weight is 561 g/mol. The van der Waals surface area contributed by atoms with Crippen molar-refractivity contribution < 1.29 is 23.9 Å². The molecule has 2 heterocycles. The first-order chi connectivity index (χ1) is 19.8. The number of esters is 1. The van der Waals surface area contributed by atoms with Gasteiger partial charge in [0, 0.05) is 21.5 Å². The Morgan fingerprint density at radius 1 is 0.805 bits per heavy atom. The summed E-state index contributed by atoms with van der Waals surface area (Å²) in [4.78, 5) is 57.8. The van der Waals surface area contributed by atoms with E-state index in [-0.39, 0.29) is 23.2 Å². The van der Waals surface area contributed by atoms with Crippen molar-refractivity contribution in [1.29, 1.82) is 0 Å². The highest BCUT2D eigenvalue weighted by Gasteiger charge is 2.36. The lowest BCUT2D eigenvalue weighted by Gasteiger charge is -2.16. The molecule has 2 amide bonds. The molecule has 41 heavy (non-hydrogen) atoms. The van der Waals surface area contributed by atoms with Gasteiger partial charge < -0.3 is 4.74 Å². The number of halogens is 1. The average Bonchev–Trinajstić information content (AvgIpc) is 3.25. The molecule has 7 nitrogen and oxygen atoms in total. The van der Waals surface area contributed by atoms with E-state index in [1.807, 2.05) is 6.07 Å². The molecule has 0 radical (unpaired) electrons. The summed E-state index contributed by atoms with van der Waals surface area (Å²) >= 11 is 6.02. The third-order valence-corrected chi connectivity index (χ3v) is 7.15. The molecular weight excluding hydrogens is 540 g/mol. The minimum absolute atomic E-state index is 0.251. The van der Waals surface area contributed by atoms with Gasteiger partial charge in [-0.05, 0) is 55.5 Å². The fourth-order valence-electron chi connectivity index (χ4n) is 4.85. The molecule has 0 saturated carbocycles. The molecule has 1 unspecified atom stereocenters. The first-order valence-electron chi connectivity index (χ1n) is 12.8. The van der Waals surface area contributed by atoms with Crippen LogP contribution in [-0.4, -0.2) is 34.7 Å². The third kappa shape index (κ3) is 4.77. The summed E-state index contributed by atoms with van der Waals surface area (Å²) in [6, 6.07) is 28.7. The van der Waals surface area contributed by atoms with Crippen LogP contribution in [0.2, 0.25) is 5.02 Å². The van der Waals surface area contributed by atoms with E-state index >= 15 is 0 Å². The SMILES string of the molecule is CC(OC(=O)c1cc(-c2ccc(N3C(=O)c4ccccc4C3=O)cc2)nc2ccccc12)C(=O)c1cccc(Cl)c1. The van der Waals surface area contributed by atoms with Gasteiger partial charge in [0.05, 0.1) is 33.6 Å². The molecule has 0 N–H and O–H groups in total. The summed E-state index contributed by atoms with van der Waals surface area (Å²) < 4.78 is 5.59. The van der Waals surface area contributed by atoms with Crippen LogP contribution in [0, 0.1) is 0 Å². The van der Waals surface area contributed by atoms with Crippen LogP contribution in [0.3, 0.4) is 0 Å². The Bertz CT molecular complexity index is 1850. The predicted octanol–water partition coefficient (Wildman–Crippen LogP) is 6.78. The van der Waals surface area contributed by atoms with Crippen molar-refractivity contribution in [2.75, 3.05) is 4.90 Å². The molecule has 0 bridgehead atoms. The molecule has 200 valence electrons. The van der Waals surface area contributed by atoms with Crippen LogP contribution < -0.4 is 4.90 Å². The number of Topliss-reactive ketones (excluding diaryl/α,β-unsaturated/α-hetero) is 1. The maximum atomic E-state index is 13.4. The van der Waals surface area contributed by atoms with Crippen LogP contribution in [0.4, 0.5) is 5.69 Å². The number of amides is 2. The van der Waals surface area contributed by atoms with Crippen molar-refractivity contribution in [3.05, 3.63) is 130 Å². The van der Waals surface area contributed by atoms with Gasteiger partial charge in [-0.1, -0.05) is 66.2 Å². The fourth-order valence-corrected chi connectivity index (χ4v) is 5.04. The lowest BCUT2D eigenvalue weighted by atomic mass is 10.0. The zero-order valence-corrected chi connectivity index (χ0v) is 22.5. The summed E-state index contributed by atoms with van der Waals surface area (Å²) in [5.41, 5.74) is 3.46. The molecule has 5 aromatic rings. The van der Waals surface area contributed by atoms with E-state index in [1.54, 1.807) is 91.0 Å². The smallest absolute Gasteiger partial charge is 0.339 e. The second-order valence-electron chi connectivity index (χ2n) is 9.53. The van der Waals surface area contributed by atoms with Crippen molar-refractivity contribution in [1.82, 2.24) is 4.98 Å². The first-order valence-corrected chi connectivity index (χ1v) is 13.2. The first kappa shape index (κ1) is 26.1. The predicted molar refractivity (Wildman–Crippen MR) is 155 cm³/mol. The summed E-state index contributed by atoms with van der Waals surface area (Å²) in [5, 5.41) is 0.986. The van der Waals surface area contributed by atoms with Crippen molar-refractivity contribution in [2.45, 2.75) is 13.0 Å². The van der Waals surface area contributed by atoms with Crippen LogP contribution >= 0.6 is 11.6 Å². The van der Waals surface area contributed by atoms with E-state index in [2.05, 4.69) is 0 Å². The summed E-state index contributed by atoms with van der Waals surface area (Å²) in [7, 11) is 0. The molecule has 6 rings (SSSR count). The second kappa shape index (κ2) is 10.4. The number of imide groups is 1. The van der Waals surface area contributed by atoms with Gasteiger partial charge in [0.1, 0.15) is 0 Å². The van der Waals surface area contributed by atoms with Gasteiger partial charge in [0.15, 0.2) is 6.10 Å². The number of anilines is 1. The molecule has 4 aromatic carbocycles. The van der Waals surface area contributed by atoms with Crippen LogP contribution in [0.1, 0.15) is 48.4 Å². The second-order valence-corrected chi connectivity index (χ2v) is 9.97. The Balaban J connectivity index is 1.30. The Kier molecular flexibility index (Phi) is 6.65. The van der Waals surface area contributed by atoms with Crippen LogP contribution in [0.5, 0.6) is 0 Å². The number of fused-ring (bicyclic) bond motifs is 2. The van der Waals surface area contributed by atoms with Gasteiger partial charge in [0.2, 0.25) is 5.78 Å². The molecule has 8 heteroatoms. The Morgan fingerprint density at radius 3 is 2.15 bits per heavy atom. The van der Waals surface area contributed by atoms with E-state index < -0.39 is 12.1 Å². The number of ether oxygens (including phenoxy) is 1. The lowest BCUT2D eigenvalue weighted by Crippen LogP contribution is -2.29. The quantitative estimate of drug-likeness (QED) is 0.129. The zero-order chi connectivity index (χ0) is 28.7. The largest absolute Gasteiger partial charge is 0.451 e. The number of carbonyl (C=O) groups is 4. The minimum Gasteiger partial charge on any atom is -0.451 e. The van der Waals surface area contributed by atoms with Gasteiger partial charge in [-0.2, -0.15) is 0 Å². The monoisotopic (exact) mass is 560 g/mol. The van der Waals surface area contributed by atoms with Crippen molar-refractivity contribution in [3.63, 3.8) is 0 Å². The van der Waals surface area contributed by atoms with Crippen LogP contribution in [-0.2, 0) is 4.74 Å². The molecule has 1 aliphatic heterocycles. The Labute approximate surface area is 240 Å². The standard InChI is InChI=1S/C33H21ClN2O5/c1-19(30(37)21-7-6-8-22(34)17-21)41-33(40)27-18-29(35-28-12-5-4-9-24(27)28)20-13-15-23(16-14-20)36-31(38)25-10-2-3-11-26(25)32(36)39/h2-19H,1H3. The highest BCUT2D eigenvalue weighted by Crippen LogP contribution is 2.31. The number of pyridine rings is 1. The zero-order valence-electron chi connectivity index (χ0n) is 21.7. The Morgan fingerprint density at radius 2 is 1.46 bits per heavy atom. The molecule has 0 saturated heterocycles. The maximum Gasteiger partial charge on any atom is 0.339 e. The number of benzene rings is 4. The number of hydrogen-bond donors (Lipinski definition) is 0. The molecule has 1 aliphatic rings.